The van der Waals surface area contributed by atoms with Crippen LogP contribution in [0, 0.1) is 12.7 Å². The molecule has 2 heterocycles. The SMILES string of the molecule is CCCc1sc2nc(SCc3cccc(F)c3)n(-c3ccc(OCC)cc3)c(=O)c2c1C. The quantitative estimate of drug-likeness (QED) is 0.218. The smallest absolute Gasteiger partial charge is 0.267 e. The number of thioether (sulfide) groups is 1. The lowest BCUT2D eigenvalue weighted by atomic mass is 10.1. The van der Waals surface area contributed by atoms with Crippen molar-refractivity contribution in [3.8, 4) is 11.4 Å². The average molecular weight is 469 g/mol. The van der Waals surface area contributed by atoms with Gasteiger partial charge in [0.2, 0.25) is 0 Å². The van der Waals surface area contributed by atoms with Gasteiger partial charge in [0.25, 0.3) is 5.56 Å². The van der Waals surface area contributed by atoms with Crippen LogP contribution < -0.4 is 10.3 Å². The van der Waals surface area contributed by atoms with E-state index in [1.165, 1.54) is 28.8 Å². The van der Waals surface area contributed by atoms with Crippen LogP contribution in [-0.4, -0.2) is 16.2 Å². The second kappa shape index (κ2) is 9.88. The molecule has 0 saturated carbocycles. The second-order valence-corrected chi connectivity index (χ2v) is 9.49. The number of aryl methyl sites for hydroxylation is 2. The van der Waals surface area contributed by atoms with Gasteiger partial charge in [0.1, 0.15) is 16.4 Å². The summed E-state index contributed by atoms with van der Waals surface area (Å²) in [5.41, 5.74) is 2.52. The molecule has 0 unspecified atom stereocenters. The molecule has 0 N–H and O–H groups in total. The predicted octanol–water partition coefficient (Wildman–Crippen LogP) is 6.54. The Labute approximate surface area is 195 Å². The summed E-state index contributed by atoms with van der Waals surface area (Å²) in [5, 5.41) is 1.28. The highest BCUT2D eigenvalue weighted by Gasteiger charge is 2.19. The van der Waals surface area contributed by atoms with Crippen molar-refractivity contribution in [2.24, 2.45) is 0 Å². The highest BCUT2D eigenvalue weighted by Crippen LogP contribution is 2.32. The Morgan fingerprint density at radius 2 is 1.94 bits per heavy atom. The maximum absolute atomic E-state index is 13.7. The van der Waals surface area contributed by atoms with E-state index in [1.54, 1.807) is 22.0 Å². The lowest BCUT2D eigenvalue weighted by Crippen LogP contribution is -2.21. The van der Waals surface area contributed by atoms with Crippen molar-refractivity contribution in [2.45, 2.75) is 44.5 Å². The zero-order chi connectivity index (χ0) is 22.7. The highest BCUT2D eigenvalue weighted by molar-refractivity contribution is 7.98. The number of hydrogen-bond donors (Lipinski definition) is 0. The highest BCUT2D eigenvalue weighted by atomic mass is 32.2. The van der Waals surface area contributed by atoms with Crippen LogP contribution in [0.2, 0.25) is 0 Å². The fourth-order valence-corrected chi connectivity index (χ4v) is 5.91. The fraction of sp³-hybridized carbons (Fsp3) is 0.280. The van der Waals surface area contributed by atoms with Gasteiger partial charge in [-0.1, -0.05) is 37.2 Å². The summed E-state index contributed by atoms with van der Waals surface area (Å²) in [7, 11) is 0. The van der Waals surface area contributed by atoms with Gasteiger partial charge in [0.05, 0.1) is 17.7 Å². The molecule has 7 heteroatoms. The number of nitrogens with zero attached hydrogens (tertiary/aromatic N) is 2. The Balaban J connectivity index is 1.83. The average Bonchev–Trinajstić information content (AvgIpc) is 3.09. The number of fused-ring (bicyclic) bond motifs is 1. The van der Waals surface area contributed by atoms with E-state index in [4.69, 9.17) is 9.72 Å². The zero-order valence-corrected chi connectivity index (χ0v) is 20.0. The van der Waals surface area contributed by atoms with Crippen molar-refractivity contribution in [1.82, 2.24) is 9.55 Å². The van der Waals surface area contributed by atoms with Crippen molar-refractivity contribution < 1.29 is 9.13 Å². The first-order valence-corrected chi connectivity index (χ1v) is 12.5. The molecule has 2 aromatic carbocycles. The van der Waals surface area contributed by atoms with E-state index in [-0.39, 0.29) is 11.4 Å². The Morgan fingerprint density at radius 1 is 1.16 bits per heavy atom. The molecule has 0 saturated heterocycles. The number of benzene rings is 2. The van der Waals surface area contributed by atoms with Crippen LogP contribution >= 0.6 is 23.1 Å². The molecular weight excluding hydrogens is 443 g/mol. The molecular formula is C25H25FN2O2S2. The molecule has 0 aliphatic carbocycles. The van der Waals surface area contributed by atoms with Gasteiger partial charge in [-0.15, -0.1) is 11.3 Å². The van der Waals surface area contributed by atoms with Crippen LogP contribution in [0.25, 0.3) is 15.9 Å². The lowest BCUT2D eigenvalue weighted by Gasteiger charge is -2.13. The lowest BCUT2D eigenvalue weighted by molar-refractivity contribution is 0.340. The van der Waals surface area contributed by atoms with Gasteiger partial charge < -0.3 is 4.74 Å². The first-order chi connectivity index (χ1) is 15.5. The maximum Gasteiger partial charge on any atom is 0.267 e. The minimum Gasteiger partial charge on any atom is -0.494 e. The summed E-state index contributed by atoms with van der Waals surface area (Å²) in [6.45, 7) is 6.66. The van der Waals surface area contributed by atoms with Crippen LogP contribution in [0.5, 0.6) is 5.75 Å². The van der Waals surface area contributed by atoms with Crippen molar-refractivity contribution in [2.75, 3.05) is 6.61 Å². The van der Waals surface area contributed by atoms with Gasteiger partial charge in [0.15, 0.2) is 5.16 Å². The standard InChI is InChI=1S/C25H25FN2O2S2/c1-4-7-21-16(3)22-23(32-21)27-25(31-15-17-8-6-9-18(26)14-17)28(24(22)29)19-10-12-20(13-11-19)30-5-2/h6,8-14H,4-5,7,15H2,1-3H3. The molecule has 0 aliphatic rings. The molecule has 0 aliphatic heterocycles. The number of ether oxygens (including phenoxy) is 1. The van der Waals surface area contributed by atoms with Crippen LogP contribution in [0.4, 0.5) is 4.39 Å². The number of halogens is 1. The molecule has 32 heavy (non-hydrogen) atoms. The molecule has 0 amide bonds. The first kappa shape index (κ1) is 22.6. The van der Waals surface area contributed by atoms with Gasteiger partial charge in [-0.3, -0.25) is 9.36 Å². The Hall–Kier alpha value is -2.64. The van der Waals surface area contributed by atoms with E-state index in [0.29, 0.717) is 22.9 Å². The molecule has 0 spiro atoms. The van der Waals surface area contributed by atoms with Crippen molar-refractivity contribution in [1.29, 1.82) is 0 Å². The van der Waals surface area contributed by atoms with Crippen molar-refractivity contribution >= 4 is 33.3 Å². The van der Waals surface area contributed by atoms with E-state index in [9.17, 15) is 9.18 Å². The van der Waals surface area contributed by atoms with E-state index in [2.05, 4.69) is 6.92 Å². The van der Waals surface area contributed by atoms with Gasteiger partial charge >= 0.3 is 0 Å². The third-order valence-electron chi connectivity index (χ3n) is 5.17. The minimum absolute atomic E-state index is 0.0722. The molecule has 166 valence electrons. The predicted molar refractivity (Wildman–Crippen MR) is 131 cm³/mol. The number of hydrogen-bond acceptors (Lipinski definition) is 5. The van der Waals surface area contributed by atoms with Crippen LogP contribution in [0.3, 0.4) is 0 Å². The normalized spacial score (nSPS) is 11.2. The summed E-state index contributed by atoms with van der Waals surface area (Å²) in [6, 6.07) is 14.0. The second-order valence-electron chi connectivity index (χ2n) is 7.46. The molecule has 4 aromatic rings. The monoisotopic (exact) mass is 468 g/mol. The summed E-state index contributed by atoms with van der Waals surface area (Å²) in [6.07, 6.45) is 1.95. The molecule has 4 nitrogen and oxygen atoms in total. The summed E-state index contributed by atoms with van der Waals surface area (Å²) in [5.74, 6) is 0.997. The zero-order valence-electron chi connectivity index (χ0n) is 18.4. The molecule has 0 atom stereocenters. The molecule has 0 radical (unpaired) electrons. The number of rotatable bonds is 8. The van der Waals surface area contributed by atoms with Crippen molar-refractivity contribution in [3.63, 3.8) is 0 Å². The number of thiophene rings is 1. The topological polar surface area (TPSA) is 44.1 Å². The van der Waals surface area contributed by atoms with E-state index in [1.807, 2.05) is 44.2 Å². The Kier molecular flexibility index (Phi) is 6.96. The molecule has 0 fully saturated rings. The van der Waals surface area contributed by atoms with E-state index in [0.717, 1.165) is 40.2 Å². The van der Waals surface area contributed by atoms with E-state index >= 15 is 0 Å². The summed E-state index contributed by atoms with van der Waals surface area (Å²) < 4.78 is 20.9. The Morgan fingerprint density at radius 3 is 2.62 bits per heavy atom. The van der Waals surface area contributed by atoms with Crippen LogP contribution in [-0.2, 0) is 12.2 Å². The molecule has 2 aromatic heterocycles. The van der Waals surface area contributed by atoms with Crippen molar-refractivity contribution in [3.05, 3.63) is 80.7 Å². The largest absolute Gasteiger partial charge is 0.494 e. The van der Waals surface area contributed by atoms with E-state index < -0.39 is 0 Å². The van der Waals surface area contributed by atoms with Gasteiger partial charge in [-0.2, -0.15) is 0 Å². The van der Waals surface area contributed by atoms with Gasteiger partial charge in [0, 0.05) is 10.6 Å². The van der Waals surface area contributed by atoms with Gasteiger partial charge in [-0.05, 0) is 67.8 Å². The molecule has 0 bridgehead atoms. The summed E-state index contributed by atoms with van der Waals surface area (Å²) >= 11 is 3.03. The third kappa shape index (κ3) is 4.59. The third-order valence-corrected chi connectivity index (χ3v) is 7.43. The number of aromatic nitrogens is 2. The molecule has 4 rings (SSSR count). The van der Waals surface area contributed by atoms with Crippen LogP contribution in [0.1, 0.15) is 36.3 Å². The fourth-order valence-electron chi connectivity index (χ4n) is 3.63. The minimum atomic E-state index is -0.270. The first-order valence-electron chi connectivity index (χ1n) is 10.7. The summed E-state index contributed by atoms with van der Waals surface area (Å²) in [4.78, 5) is 20.6. The van der Waals surface area contributed by atoms with Gasteiger partial charge in [-0.25, -0.2) is 9.37 Å². The van der Waals surface area contributed by atoms with Crippen LogP contribution in [0.15, 0.2) is 58.5 Å². The Bertz CT molecular complexity index is 1300. The maximum atomic E-state index is 13.7.